The maximum atomic E-state index is 13.3. The minimum Gasteiger partial charge on any atom is -0.313 e. The van der Waals surface area contributed by atoms with Crippen LogP contribution in [-0.2, 0) is 16.6 Å². The Bertz CT molecular complexity index is 494. The van der Waals surface area contributed by atoms with E-state index in [1.54, 1.807) is 6.07 Å². The van der Waals surface area contributed by atoms with Gasteiger partial charge >= 0.3 is 0 Å². The van der Waals surface area contributed by atoms with Gasteiger partial charge in [-0.1, -0.05) is 11.6 Å². The molecule has 0 atom stereocenters. The number of benzene rings is 1. The normalized spacial score (nSPS) is 11.7. The van der Waals surface area contributed by atoms with E-state index in [0.29, 0.717) is 36.6 Å². The number of sulfonamides is 1. The summed E-state index contributed by atoms with van der Waals surface area (Å²) >= 11 is 5.76. The summed E-state index contributed by atoms with van der Waals surface area (Å²) in [6.45, 7) is 1.32. The maximum Gasteiger partial charge on any atom is 0.208 e. The van der Waals surface area contributed by atoms with E-state index in [1.165, 1.54) is 12.1 Å². The molecule has 0 fully saturated rings. The van der Waals surface area contributed by atoms with Crippen LogP contribution in [0.5, 0.6) is 0 Å². The topological polar surface area (TPSA) is 58.2 Å². The molecule has 1 aromatic carbocycles. The third kappa shape index (κ3) is 6.30. The van der Waals surface area contributed by atoms with Crippen LogP contribution in [0.25, 0.3) is 0 Å². The van der Waals surface area contributed by atoms with Crippen molar-refractivity contribution in [3.8, 4) is 0 Å². The first-order valence-electron chi connectivity index (χ1n) is 5.48. The van der Waals surface area contributed by atoms with Gasteiger partial charge in [0.05, 0.1) is 6.26 Å². The molecule has 0 radical (unpaired) electrons. The Morgan fingerprint density at radius 3 is 2.72 bits per heavy atom. The first kappa shape index (κ1) is 15.4. The van der Waals surface area contributed by atoms with Crippen molar-refractivity contribution < 1.29 is 12.8 Å². The number of hydrogen-bond acceptors (Lipinski definition) is 3. The van der Waals surface area contributed by atoms with Gasteiger partial charge in [0.15, 0.2) is 0 Å². The Morgan fingerprint density at radius 1 is 1.33 bits per heavy atom. The third-order valence-corrected chi connectivity index (χ3v) is 3.18. The van der Waals surface area contributed by atoms with Gasteiger partial charge in [-0.25, -0.2) is 17.5 Å². The number of nitrogens with one attached hydrogen (secondary N) is 2. The molecule has 18 heavy (non-hydrogen) atoms. The number of rotatable bonds is 7. The molecule has 7 heteroatoms. The molecule has 0 aliphatic rings. The van der Waals surface area contributed by atoms with Crippen molar-refractivity contribution in [1.29, 1.82) is 0 Å². The lowest BCUT2D eigenvalue weighted by atomic mass is 10.2. The molecule has 0 heterocycles. The number of halogens is 2. The van der Waals surface area contributed by atoms with E-state index in [9.17, 15) is 12.8 Å². The van der Waals surface area contributed by atoms with Crippen molar-refractivity contribution >= 4 is 21.6 Å². The van der Waals surface area contributed by atoms with Crippen LogP contribution in [0.4, 0.5) is 4.39 Å². The molecule has 0 aromatic heterocycles. The average Bonchev–Trinajstić information content (AvgIpc) is 2.26. The van der Waals surface area contributed by atoms with Crippen LogP contribution in [-0.4, -0.2) is 27.8 Å². The van der Waals surface area contributed by atoms with E-state index >= 15 is 0 Å². The second-order valence-corrected chi connectivity index (χ2v) is 6.20. The number of hydrogen-bond donors (Lipinski definition) is 2. The molecule has 4 nitrogen and oxygen atoms in total. The summed E-state index contributed by atoms with van der Waals surface area (Å²) < 4.78 is 37.2. The Kier molecular flexibility index (Phi) is 6.01. The molecule has 0 bridgehead atoms. The summed E-state index contributed by atoms with van der Waals surface area (Å²) in [6, 6.07) is 4.39. The summed E-state index contributed by atoms with van der Waals surface area (Å²) in [7, 11) is -3.13. The van der Waals surface area contributed by atoms with E-state index in [-0.39, 0.29) is 5.82 Å². The molecule has 0 unspecified atom stereocenters. The van der Waals surface area contributed by atoms with E-state index < -0.39 is 10.0 Å². The molecule has 0 saturated carbocycles. The highest BCUT2D eigenvalue weighted by Gasteiger charge is 2.02. The highest BCUT2D eigenvalue weighted by molar-refractivity contribution is 7.88. The van der Waals surface area contributed by atoms with E-state index in [1.807, 2.05) is 0 Å². The highest BCUT2D eigenvalue weighted by Crippen LogP contribution is 2.14. The minimum atomic E-state index is -3.13. The van der Waals surface area contributed by atoms with Gasteiger partial charge < -0.3 is 5.32 Å². The molecule has 0 aliphatic carbocycles. The zero-order valence-corrected chi connectivity index (χ0v) is 11.6. The van der Waals surface area contributed by atoms with Gasteiger partial charge in [0, 0.05) is 23.7 Å². The largest absolute Gasteiger partial charge is 0.313 e. The summed E-state index contributed by atoms with van der Waals surface area (Å²) in [5, 5.41) is 3.52. The second kappa shape index (κ2) is 7.04. The van der Waals surface area contributed by atoms with Crippen LogP contribution in [0.15, 0.2) is 18.2 Å². The zero-order valence-electron chi connectivity index (χ0n) is 10.0. The minimum absolute atomic E-state index is 0.304. The summed E-state index contributed by atoms with van der Waals surface area (Å²) in [5.41, 5.74) is 0.499. The zero-order chi connectivity index (χ0) is 13.6. The smallest absolute Gasteiger partial charge is 0.208 e. The standard InChI is InChI=1S/C11H16ClFN2O2S/c1-18(16,17)15-6-2-5-14-8-9-7-10(12)3-4-11(9)13/h3-4,7,14-15H,2,5-6,8H2,1H3. The Labute approximate surface area is 112 Å². The lowest BCUT2D eigenvalue weighted by Crippen LogP contribution is -2.26. The molecular formula is C11H16ClFN2O2S. The molecular weight excluding hydrogens is 279 g/mol. The van der Waals surface area contributed by atoms with Crippen molar-refractivity contribution in [2.75, 3.05) is 19.3 Å². The molecule has 0 amide bonds. The predicted octanol–water partition coefficient (Wildman–Crippen LogP) is 1.51. The van der Waals surface area contributed by atoms with Crippen LogP contribution >= 0.6 is 11.6 Å². The summed E-state index contributed by atoms with van der Waals surface area (Å²) in [5.74, 6) is -0.304. The van der Waals surface area contributed by atoms with Crippen LogP contribution in [0.3, 0.4) is 0 Å². The monoisotopic (exact) mass is 294 g/mol. The van der Waals surface area contributed by atoms with Gasteiger partial charge in [-0.3, -0.25) is 0 Å². The van der Waals surface area contributed by atoms with Gasteiger partial charge in [-0.2, -0.15) is 0 Å². The van der Waals surface area contributed by atoms with Crippen LogP contribution in [0, 0.1) is 5.82 Å². The molecule has 0 aliphatic heterocycles. The Morgan fingerprint density at radius 2 is 2.06 bits per heavy atom. The fourth-order valence-electron chi connectivity index (χ4n) is 1.37. The van der Waals surface area contributed by atoms with Crippen molar-refractivity contribution in [1.82, 2.24) is 10.0 Å². The van der Waals surface area contributed by atoms with Crippen LogP contribution in [0.2, 0.25) is 5.02 Å². The average molecular weight is 295 g/mol. The van der Waals surface area contributed by atoms with Crippen molar-refractivity contribution in [2.45, 2.75) is 13.0 Å². The van der Waals surface area contributed by atoms with Crippen molar-refractivity contribution in [3.05, 3.63) is 34.6 Å². The molecule has 0 spiro atoms. The van der Waals surface area contributed by atoms with Gasteiger partial charge in [0.25, 0.3) is 0 Å². The predicted molar refractivity (Wildman–Crippen MR) is 70.6 cm³/mol. The van der Waals surface area contributed by atoms with Crippen molar-refractivity contribution in [2.24, 2.45) is 0 Å². The molecule has 1 aromatic rings. The van der Waals surface area contributed by atoms with Gasteiger partial charge in [0.1, 0.15) is 5.82 Å². The van der Waals surface area contributed by atoms with Crippen molar-refractivity contribution in [3.63, 3.8) is 0 Å². The van der Waals surface area contributed by atoms with E-state index in [4.69, 9.17) is 11.6 Å². The fraction of sp³-hybridized carbons (Fsp3) is 0.455. The first-order valence-corrected chi connectivity index (χ1v) is 7.75. The molecule has 0 saturated heterocycles. The van der Waals surface area contributed by atoms with Crippen LogP contribution < -0.4 is 10.0 Å². The van der Waals surface area contributed by atoms with Gasteiger partial charge in [-0.05, 0) is 31.2 Å². The first-order chi connectivity index (χ1) is 8.38. The second-order valence-electron chi connectivity index (χ2n) is 3.93. The van der Waals surface area contributed by atoms with E-state index in [0.717, 1.165) is 6.26 Å². The summed E-state index contributed by atoms with van der Waals surface area (Å²) in [6.07, 6.45) is 1.75. The molecule has 1 rings (SSSR count). The molecule has 2 N–H and O–H groups in total. The Hall–Kier alpha value is -0.690. The molecule has 102 valence electrons. The van der Waals surface area contributed by atoms with Crippen LogP contribution in [0.1, 0.15) is 12.0 Å². The lowest BCUT2D eigenvalue weighted by molar-refractivity contribution is 0.570. The third-order valence-electron chi connectivity index (χ3n) is 2.22. The Balaban J connectivity index is 2.24. The lowest BCUT2D eigenvalue weighted by Gasteiger charge is -2.06. The SMILES string of the molecule is CS(=O)(=O)NCCCNCc1cc(Cl)ccc1F. The fourth-order valence-corrected chi connectivity index (χ4v) is 2.08. The van der Waals surface area contributed by atoms with E-state index in [2.05, 4.69) is 10.0 Å². The quantitative estimate of drug-likeness (QED) is 0.750. The summed E-state index contributed by atoms with van der Waals surface area (Å²) in [4.78, 5) is 0. The van der Waals surface area contributed by atoms with Gasteiger partial charge in [0.2, 0.25) is 10.0 Å². The highest BCUT2D eigenvalue weighted by atomic mass is 35.5. The maximum absolute atomic E-state index is 13.3. The van der Waals surface area contributed by atoms with Gasteiger partial charge in [-0.15, -0.1) is 0 Å².